The van der Waals surface area contributed by atoms with Crippen molar-refractivity contribution in [2.75, 3.05) is 46.4 Å². The fraction of sp³-hybridized carbons (Fsp3) is 0.667. The average Bonchev–Trinajstić information content (AvgIpc) is 3.34. The van der Waals surface area contributed by atoms with E-state index in [0.29, 0.717) is 12.0 Å². The maximum atomic E-state index is 6.02. The summed E-state index contributed by atoms with van der Waals surface area (Å²) in [5, 5.41) is 3.63. The van der Waals surface area contributed by atoms with Crippen LogP contribution in [0.3, 0.4) is 0 Å². The number of ether oxygens (including phenoxy) is 1. The molecule has 5 heteroatoms. The number of likely N-dealkylation sites (N-methyl/N-ethyl adjacent to an activating group) is 1. The first-order valence-electron chi connectivity index (χ1n) is 10.1. The normalized spacial score (nSPS) is 26.7. The summed E-state index contributed by atoms with van der Waals surface area (Å²) < 4.78 is 6.02. The smallest absolute Gasteiger partial charge is 0.193 e. The molecule has 0 aromatic heterocycles. The predicted octanol–water partition coefficient (Wildman–Crippen LogP) is 2.76. The van der Waals surface area contributed by atoms with Crippen molar-refractivity contribution in [3.8, 4) is 0 Å². The number of nitrogens with zero attached hydrogens (tertiary/aromatic N) is 3. The van der Waals surface area contributed by atoms with Gasteiger partial charge >= 0.3 is 0 Å². The van der Waals surface area contributed by atoms with E-state index in [0.717, 1.165) is 51.7 Å². The van der Waals surface area contributed by atoms with Crippen LogP contribution in [0.15, 0.2) is 35.3 Å². The lowest BCUT2D eigenvalue weighted by Crippen LogP contribution is -2.44. The van der Waals surface area contributed by atoms with Crippen LogP contribution in [-0.4, -0.2) is 68.2 Å². The van der Waals surface area contributed by atoms with Gasteiger partial charge in [-0.3, -0.25) is 9.89 Å². The minimum atomic E-state index is 0.198. The van der Waals surface area contributed by atoms with Crippen molar-refractivity contribution in [1.29, 1.82) is 0 Å². The van der Waals surface area contributed by atoms with Crippen LogP contribution in [0.2, 0.25) is 0 Å². The summed E-state index contributed by atoms with van der Waals surface area (Å²) in [6.07, 6.45) is 2.52. The van der Waals surface area contributed by atoms with E-state index in [2.05, 4.69) is 64.3 Å². The molecule has 2 aliphatic heterocycles. The van der Waals surface area contributed by atoms with Gasteiger partial charge in [-0.05, 0) is 31.5 Å². The van der Waals surface area contributed by atoms with E-state index in [-0.39, 0.29) is 6.10 Å². The average molecular weight is 359 g/mol. The van der Waals surface area contributed by atoms with Crippen LogP contribution in [-0.2, 0) is 4.74 Å². The zero-order valence-electron chi connectivity index (χ0n) is 16.5. The van der Waals surface area contributed by atoms with Gasteiger partial charge in [-0.25, -0.2) is 0 Å². The lowest BCUT2D eigenvalue weighted by Gasteiger charge is -2.28. The van der Waals surface area contributed by atoms with Crippen molar-refractivity contribution in [3.63, 3.8) is 0 Å². The summed E-state index contributed by atoms with van der Waals surface area (Å²) in [6.45, 7) is 10.7. The van der Waals surface area contributed by atoms with E-state index in [9.17, 15) is 0 Å². The van der Waals surface area contributed by atoms with Crippen LogP contribution in [0.25, 0.3) is 0 Å². The molecule has 3 unspecified atom stereocenters. The van der Waals surface area contributed by atoms with Crippen LogP contribution in [0, 0.1) is 5.92 Å². The molecule has 3 rings (SSSR count). The Morgan fingerprint density at radius 2 is 2.00 bits per heavy atom. The Balaban J connectivity index is 1.55. The second kappa shape index (κ2) is 9.38. The maximum Gasteiger partial charge on any atom is 0.193 e. The molecule has 0 amide bonds. The fourth-order valence-corrected chi connectivity index (χ4v) is 4.38. The minimum Gasteiger partial charge on any atom is -0.373 e. The molecule has 2 saturated heterocycles. The second-order valence-corrected chi connectivity index (χ2v) is 7.29. The largest absolute Gasteiger partial charge is 0.373 e. The summed E-state index contributed by atoms with van der Waals surface area (Å²) in [5.41, 5.74) is 1.29. The van der Waals surface area contributed by atoms with Crippen molar-refractivity contribution >= 4 is 5.96 Å². The van der Waals surface area contributed by atoms with Gasteiger partial charge in [0.15, 0.2) is 5.96 Å². The number of hydrogen-bond acceptors (Lipinski definition) is 3. The third-order valence-corrected chi connectivity index (χ3v) is 5.87. The van der Waals surface area contributed by atoms with Crippen LogP contribution >= 0.6 is 0 Å². The molecule has 0 saturated carbocycles. The Kier molecular flexibility index (Phi) is 6.92. The molecule has 3 atom stereocenters. The standard InChI is InChI=1S/C21H34N4O/c1-4-24(5-2)19-11-13-25(16-19)21(22-3)23-15-18-12-14-26-20(18)17-9-7-6-8-10-17/h6-10,18-20H,4-5,11-16H2,1-3H3,(H,22,23). The van der Waals surface area contributed by atoms with Crippen molar-refractivity contribution in [3.05, 3.63) is 35.9 Å². The van der Waals surface area contributed by atoms with Gasteiger partial charge in [0.25, 0.3) is 0 Å². The number of likely N-dealkylation sites (tertiary alicyclic amines) is 1. The highest BCUT2D eigenvalue weighted by molar-refractivity contribution is 5.80. The van der Waals surface area contributed by atoms with E-state index in [1.165, 1.54) is 12.0 Å². The van der Waals surface area contributed by atoms with Gasteiger partial charge in [0, 0.05) is 45.2 Å². The van der Waals surface area contributed by atoms with Gasteiger partial charge in [0.1, 0.15) is 0 Å². The van der Waals surface area contributed by atoms with Gasteiger partial charge in [-0.1, -0.05) is 44.2 Å². The zero-order valence-corrected chi connectivity index (χ0v) is 16.5. The molecule has 5 nitrogen and oxygen atoms in total. The third-order valence-electron chi connectivity index (χ3n) is 5.87. The number of nitrogens with one attached hydrogen (secondary N) is 1. The summed E-state index contributed by atoms with van der Waals surface area (Å²) in [7, 11) is 1.90. The number of hydrogen-bond donors (Lipinski definition) is 1. The monoisotopic (exact) mass is 358 g/mol. The fourth-order valence-electron chi connectivity index (χ4n) is 4.38. The Morgan fingerprint density at radius 3 is 2.69 bits per heavy atom. The van der Waals surface area contributed by atoms with Gasteiger partial charge < -0.3 is 15.0 Å². The topological polar surface area (TPSA) is 40.1 Å². The van der Waals surface area contributed by atoms with Crippen molar-refractivity contribution in [2.24, 2.45) is 10.9 Å². The molecule has 1 aromatic carbocycles. The molecule has 0 bridgehead atoms. The summed E-state index contributed by atoms with van der Waals surface area (Å²) in [5.74, 6) is 1.54. The number of benzene rings is 1. The minimum absolute atomic E-state index is 0.198. The molecule has 2 heterocycles. The van der Waals surface area contributed by atoms with E-state index in [1.54, 1.807) is 0 Å². The summed E-state index contributed by atoms with van der Waals surface area (Å²) in [6, 6.07) is 11.2. The highest BCUT2D eigenvalue weighted by atomic mass is 16.5. The first kappa shape index (κ1) is 19.2. The molecule has 2 aliphatic rings. The SMILES string of the molecule is CCN(CC)C1CCN(C(=NC)NCC2CCOC2c2ccccc2)C1. The van der Waals surface area contributed by atoms with Crippen LogP contribution < -0.4 is 5.32 Å². The van der Waals surface area contributed by atoms with E-state index in [1.807, 2.05) is 7.05 Å². The Hall–Kier alpha value is -1.59. The third kappa shape index (κ3) is 4.38. The lowest BCUT2D eigenvalue weighted by molar-refractivity contribution is 0.0913. The van der Waals surface area contributed by atoms with Crippen LogP contribution in [0.1, 0.15) is 38.4 Å². The number of aliphatic imine (C=N–C) groups is 1. The maximum absolute atomic E-state index is 6.02. The van der Waals surface area contributed by atoms with E-state index >= 15 is 0 Å². The molecule has 0 radical (unpaired) electrons. The second-order valence-electron chi connectivity index (χ2n) is 7.29. The van der Waals surface area contributed by atoms with Gasteiger partial charge in [0.2, 0.25) is 0 Å². The van der Waals surface area contributed by atoms with Crippen molar-refractivity contribution in [2.45, 2.75) is 38.8 Å². The van der Waals surface area contributed by atoms with Crippen molar-refractivity contribution < 1.29 is 4.74 Å². The summed E-state index contributed by atoms with van der Waals surface area (Å²) >= 11 is 0. The highest BCUT2D eigenvalue weighted by Crippen LogP contribution is 2.33. The molecule has 26 heavy (non-hydrogen) atoms. The Labute approximate surface area is 158 Å². The molecular formula is C21H34N4O. The molecule has 144 valence electrons. The van der Waals surface area contributed by atoms with Gasteiger partial charge in [-0.2, -0.15) is 0 Å². The van der Waals surface area contributed by atoms with Crippen molar-refractivity contribution in [1.82, 2.24) is 15.1 Å². The van der Waals surface area contributed by atoms with E-state index in [4.69, 9.17) is 4.74 Å². The molecular weight excluding hydrogens is 324 g/mol. The van der Waals surface area contributed by atoms with Crippen LogP contribution in [0.5, 0.6) is 0 Å². The first-order chi connectivity index (χ1) is 12.8. The quantitative estimate of drug-likeness (QED) is 0.627. The Bertz CT molecular complexity index is 573. The molecule has 1 aromatic rings. The highest BCUT2D eigenvalue weighted by Gasteiger charge is 2.31. The van der Waals surface area contributed by atoms with E-state index < -0.39 is 0 Å². The number of guanidine groups is 1. The zero-order chi connectivity index (χ0) is 18.4. The molecule has 2 fully saturated rings. The lowest BCUT2D eigenvalue weighted by atomic mass is 9.95. The van der Waals surface area contributed by atoms with Crippen LogP contribution in [0.4, 0.5) is 0 Å². The number of rotatable bonds is 6. The Morgan fingerprint density at radius 1 is 1.23 bits per heavy atom. The molecule has 0 aliphatic carbocycles. The first-order valence-corrected chi connectivity index (χ1v) is 10.1. The van der Waals surface area contributed by atoms with Gasteiger partial charge in [-0.15, -0.1) is 0 Å². The molecule has 0 spiro atoms. The molecule has 1 N–H and O–H groups in total. The predicted molar refractivity (Wildman–Crippen MR) is 108 cm³/mol. The van der Waals surface area contributed by atoms with Gasteiger partial charge in [0.05, 0.1) is 6.10 Å². The summed E-state index contributed by atoms with van der Waals surface area (Å²) in [4.78, 5) is 9.52.